The highest BCUT2D eigenvalue weighted by Gasteiger charge is 2.38. The molecule has 0 fully saturated rings. The zero-order valence-corrected chi connectivity index (χ0v) is 18.8. The van der Waals surface area contributed by atoms with Crippen molar-refractivity contribution in [2.45, 2.75) is 12.8 Å². The number of alkyl halides is 3. The zero-order chi connectivity index (χ0) is 25.3. The van der Waals surface area contributed by atoms with Crippen molar-refractivity contribution >= 4 is 34.0 Å². The molecule has 0 saturated heterocycles. The summed E-state index contributed by atoms with van der Waals surface area (Å²) in [7, 11) is 0. The van der Waals surface area contributed by atoms with E-state index in [2.05, 4.69) is 25.5 Å². The molecule has 0 aliphatic carbocycles. The Kier molecular flexibility index (Phi) is 6.15. The maximum Gasteiger partial charge on any atom is 0.470 e. The van der Waals surface area contributed by atoms with E-state index in [0.717, 1.165) is 0 Å². The summed E-state index contributed by atoms with van der Waals surface area (Å²) in [6, 6.07) is 15.7. The largest absolute Gasteiger partial charge is 0.487 e. The number of aromatic nitrogens is 4. The lowest BCUT2D eigenvalue weighted by Gasteiger charge is -2.12. The maximum absolute atomic E-state index is 13.4. The van der Waals surface area contributed by atoms with Gasteiger partial charge in [-0.25, -0.2) is 14.4 Å². The second-order valence-electron chi connectivity index (χ2n) is 7.55. The lowest BCUT2D eigenvalue weighted by molar-refractivity contribution is -0.156. The van der Waals surface area contributed by atoms with Crippen molar-refractivity contribution in [1.29, 1.82) is 0 Å². The Hall–Kier alpha value is -4.25. The van der Waals surface area contributed by atoms with Crippen LogP contribution >= 0.6 is 11.6 Å². The molecule has 5 rings (SSSR count). The average molecular weight is 516 g/mol. The van der Waals surface area contributed by atoms with E-state index < -0.39 is 12.1 Å². The zero-order valence-electron chi connectivity index (χ0n) is 18.1. The molecular weight excluding hydrogens is 502 g/mol. The van der Waals surface area contributed by atoms with Gasteiger partial charge < -0.3 is 14.5 Å². The summed E-state index contributed by atoms with van der Waals surface area (Å²) >= 11 is 6.36. The number of fused-ring (bicyclic) bond motifs is 1. The summed E-state index contributed by atoms with van der Waals surface area (Å²) in [6.45, 7) is 0.134. The monoisotopic (exact) mass is 515 g/mol. The van der Waals surface area contributed by atoms with E-state index in [1.54, 1.807) is 42.5 Å². The van der Waals surface area contributed by atoms with Crippen LogP contribution in [0.4, 0.5) is 29.1 Å². The van der Waals surface area contributed by atoms with E-state index in [1.807, 2.05) is 0 Å². The van der Waals surface area contributed by atoms with Crippen LogP contribution in [0.2, 0.25) is 5.02 Å². The predicted molar refractivity (Wildman–Crippen MR) is 123 cm³/mol. The topological polar surface area (TPSA) is 86.0 Å². The number of nitrogens with one attached hydrogen (secondary N) is 1. The molecule has 0 aliphatic rings. The quantitative estimate of drug-likeness (QED) is 0.248. The smallest absolute Gasteiger partial charge is 0.470 e. The van der Waals surface area contributed by atoms with Gasteiger partial charge in [0.1, 0.15) is 30.3 Å². The molecule has 5 aromatic rings. The summed E-state index contributed by atoms with van der Waals surface area (Å²) in [4.78, 5) is 8.42. The Labute approximate surface area is 205 Å². The molecule has 0 unspecified atom stereocenters. The lowest BCUT2D eigenvalue weighted by Crippen LogP contribution is -2.04. The fraction of sp³-hybridized carbons (Fsp3) is 0.0833. The second kappa shape index (κ2) is 9.42. The molecule has 2 heterocycles. The van der Waals surface area contributed by atoms with E-state index in [0.29, 0.717) is 38.7 Å². The molecule has 12 heteroatoms. The first kappa shape index (κ1) is 23.5. The molecule has 0 aliphatic heterocycles. The van der Waals surface area contributed by atoms with Crippen LogP contribution in [0.5, 0.6) is 5.75 Å². The Morgan fingerprint density at radius 3 is 2.58 bits per heavy atom. The van der Waals surface area contributed by atoms with Crippen LogP contribution in [0, 0.1) is 5.82 Å². The van der Waals surface area contributed by atoms with E-state index in [1.165, 1.54) is 24.5 Å². The van der Waals surface area contributed by atoms with Crippen molar-refractivity contribution in [3.05, 3.63) is 89.3 Å². The van der Waals surface area contributed by atoms with Gasteiger partial charge in [0.15, 0.2) is 0 Å². The lowest BCUT2D eigenvalue weighted by atomic mass is 10.1. The number of hydrogen-bond acceptors (Lipinski definition) is 7. The first-order valence-electron chi connectivity index (χ1n) is 10.4. The third kappa shape index (κ3) is 5.05. The molecule has 0 radical (unpaired) electrons. The van der Waals surface area contributed by atoms with Crippen LogP contribution in [-0.4, -0.2) is 20.2 Å². The van der Waals surface area contributed by atoms with Crippen LogP contribution in [0.3, 0.4) is 0 Å². The van der Waals surface area contributed by atoms with Crippen LogP contribution in [-0.2, 0) is 12.8 Å². The number of anilines is 2. The van der Waals surface area contributed by atoms with Gasteiger partial charge in [0, 0.05) is 16.6 Å². The Bertz CT molecular complexity index is 1560. The van der Waals surface area contributed by atoms with Crippen molar-refractivity contribution in [2.24, 2.45) is 0 Å². The Morgan fingerprint density at radius 1 is 0.972 bits per heavy atom. The van der Waals surface area contributed by atoms with Crippen molar-refractivity contribution in [3.8, 4) is 17.2 Å². The first-order chi connectivity index (χ1) is 17.3. The van der Waals surface area contributed by atoms with E-state index in [-0.39, 0.29) is 23.9 Å². The molecular formula is C24H14ClF4N5O2. The van der Waals surface area contributed by atoms with Crippen molar-refractivity contribution < 1.29 is 26.7 Å². The average Bonchev–Trinajstić information content (AvgIpc) is 3.35. The number of rotatable bonds is 6. The molecule has 1 N–H and O–H groups in total. The summed E-state index contributed by atoms with van der Waals surface area (Å²) in [6.07, 6.45) is -3.40. The minimum absolute atomic E-state index is 0.134. The second-order valence-corrected chi connectivity index (χ2v) is 7.96. The molecule has 0 spiro atoms. The van der Waals surface area contributed by atoms with Crippen LogP contribution in [0.1, 0.15) is 11.5 Å². The van der Waals surface area contributed by atoms with Crippen LogP contribution in [0.15, 0.2) is 71.4 Å². The van der Waals surface area contributed by atoms with Gasteiger partial charge in [-0.3, -0.25) is 0 Å². The fourth-order valence-electron chi connectivity index (χ4n) is 3.36. The molecule has 0 saturated carbocycles. The molecule has 0 amide bonds. The number of hydrogen-bond donors (Lipinski definition) is 1. The number of ether oxygens (including phenoxy) is 1. The van der Waals surface area contributed by atoms with Crippen LogP contribution in [0.25, 0.3) is 22.4 Å². The molecule has 0 atom stereocenters. The number of nitrogens with zero attached hydrogens (tertiary/aromatic N) is 4. The molecule has 3 aromatic carbocycles. The Balaban J connectivity index is 1.38. The SMILES string of the molecule is Fc1cccc(COc2ccc(Nc3ncnc4ccc(-c5nnc(C(F)(F)F)o5)cc34)cc2Cl)c1. The van der Waals surface area contributed by atoms with Gasteiger partial charge in [-0.2, -0.15) is 13.2 Å². The fourth-order valence-corrected chi connectivity index (χ4v) is 3.60. The van der Waals surface area contributed by atoms with Crippen LogP contribution < -0.4 is 10.1 Å². The normalized spacial score (nSPS) is 11.6. The molecule has 7 nitrogen and oxygen atoms in total. The predicted octanol–water partition coefficient (Wildman–Crippen LogP) is 6.81. The van der Waals surface area contributed by atoms with Gasteiger partial charge in [0.05, 0.1) is 10.5 Å². The first-order valence-corrected chi connectivity index (χ1v) is 10.7. The third-order valence-electron chi connectivity index (χ3n) is 5.03. The standard InChI is InChI=1S/C24H14ClF4N5O2/c25-18-10-16(5-7-20(18)35-11-13-2-1-3-15(26)8-13)32-21-17-9-14(4-6-19(17)30-12-31-21)22-33-34-23(36-22)24(27,28)29/h1-10,12H,11H2,(H,30,31,32). The highest BCUT2D eigenvalue weighted by Crippen LogP contribution is 2.34. The minimum Gasteiger partial charge on any atom is -0.487 e. The summed E-state index contributed by atoms with van der Waals surface area (Å²) < 4.78 is 62.3. The number of benzene rings is 3. The van der Waals surface area contributed by atoms with Gasteiger partial charge in [-0.1, -0.05) is 23.7 Å². The summed E-state index contributed by atoms with van der Waals surface area (Å²) in [5.74, 6) is -1.31. The van der Waals surface area contributed by atoms with Crippen molar-refractivity contribution in [1.82, 2.24) is 20.2 Å². The van der Waals surface area contributed by atoms with Gasteiger partial charge in [-0.05, 0) is 54.1 Å². The van der Waals surface area contributed by atoms with Gasteiger partial charge in [-0.15, -0.1) is 10.2 Å². The molecule has 182 valence electrons. The van der Waals surface area contributed by atoms with Crippen molar-refractivity contribution in [2.75, 3.05) is 5.32 Å². The van der Waals surface area contributed by atoms with Gasteiger partial charge >= 0.3 is 12.1 Å². The summed E-state index contributed by atoms with van der Waals surface area (Å²) in [5, 5.41) is 10.5. The highest BCUT2D eigenvalue weighted by molar-refractivity contribution is 6.32. The summed E-state index contributed by atoms with van der Waals surface area (Å²) in [5.41, 5.74) is 2.02. The number of halogens is 5. The minimum atomic E-state index is -4.75. The van der Waals surface area contributed by atoms with E-state index in [9.17, 15) is 17.6 Å². The van der Waals surface area contributed by atoms with Gasteiger partial charge in [0.25, 0.3) is 0 Å². The molecule has 2 aromatic heterocycles. The van der Waals surface area contributed by atoms with Gasteiger partial charge in [0.2, 0.25) is 5.89 Å². The van der Waals surface area contributed by atoms with E-state index in [4.69, 9.17) is 20.8 Å². The Morgan fingerprint density at radius 2 is 1.83 bits per heavy atom. The molecule has 0 bridgehead atoms. The maximum atomic E-state index is 13.4. The highest BCUT2D eigenvalue weighted by atomic mass is 35.5. The molecule has 36 heavy (non-hydrogen) atoms. The van der Waals surface area contributed by atoms with Crippen molar-refractivity contribution in [3.63, 3.8) is 0 Å². The van der Waals surface area contributed by atoms with E-state index >= 15 is 0 Å². The third-order valence-corrected chi connectivity index (χ3v) is 5.32.